The Kier molecular flexibility index (Phi) is 8.44. The minimum absolute atomic E-state index is 0.231. The molecule has 2 aliphatic rings. The van der Waals surface area contributed by atoms with E-state index in [0.29, 0.717) is 11.8 Å². The number of hydrogen-bond donors (Lipinski definition) is 0. The topological polar surface area (TPSA) is 9.23 Å². The van der Waals surface area contributed by atoms with E-state index in [1.165, 1.54) is 12.1 Å². The molecule has 0 radical (unpaired) electrons. The second kappa shape index (κ2) is 10.7. The maximum absolute atomic E-state index is 15.1. The van der Waals surface area contributed by atoms with Gasteiger partial charge in [-0.25, -0.2) is 4.39 Å². The SMILES string of the molecule is CCCCC[Si]1(F)CCC([C@H]2CC[C@H](c3ccc(OCC(F)(F)F)c(F)c3)CC2)CC1. The first-order chi connectivity index (χ1) is 14.7. The molecule has 0 aromatic heterocycles. The summed E-state index contributed by atoms with van der Waals surface area (Å²) in [6.07, 6.45) is 4.96. The maximum atomic E-state index is 15.1. The summed E-state index contributed by atoms with van der Waals surface area (Å²) in [4.78, 5) is 0. The molecule has 7 heteroatoms. The smallest absolute Gasteiger partial charge is 0.422 e. The zero-order chi connectivity index (χ0) is 22.5. The predicted molar refractivity (Wildman–Crippen MR) is 116 cm³/mol. The molecule has 176 valence electrons. The normalized spacial score (nSPS) is 29.7. The summed E-state index contributed by atoms with van der Waals surface area (Å²) in [5, 5.41) is 0. The molecule has 0 N–H and O–H groups in total. The zero-order valence-electron chi connectivity index (χ0n) is 18.5. The lowest BCUT2D eigenvalue weighted by Gasteiger charge is -2.39. The van der Waals surface area contributed by atoms with Crippen LogP contribution >= 0.6 is 0 Å². The van der Waals surface area contributed by atoms with Gasteiger partial charge in [0.05, 0.1) is 0 Å². The predicted octanol–water partition coefficient (Wildman–Crippen LogP) is 8.56. The molecule has 0 unspecified atom stereocenters. The fraction of sp³-hybridized carbons (Fsp3) is 0.750. The van der Waals surface area contributed by atoms with E-state index in [-0.39, 0.29) is 11.7 Å². The Morgan fingerprint density at radius 1 is 0.968 bits per heavy atom. The second-order valence-electron chi connectivity index (χ2n) is 9.65. The summed E-state index contributed by atoms with van der Waals surface area (Å²) in [5.74, 6) is 0.399. The summed E-state index contributed by atoms with van der Waals surface area (Å²) >= 11 is 0. The molecule has 2 fully saturated rings. The van der Waals surface area contributed by atoms with Gasteiger partial charge in [0.1, 0.15) is 0 Å². The van der Waals surface area contributed by atoms with Gasteiger partial charge < -0.3 is 8.84 Å². The van der Waals surface area contributed by atoms with Crippen LogP contribution in [0, 0.1) is 17.7 Å². The Balaban J connectivity index is 1.46. The fourth-order valence-corrected chi connectivity index (χ4v) is 8.95. The molecule has 1 nitrogen and oxygen atoms in total. The van der Waals surface area contributed by atoms with Crippen LogP contribution in [-0.4, -0.2) is 21.2 Å². The van der Waals surface area contributed by atoms with Gasteiger partial charge in [0, 0.05) is 0 Å². The lowest BCUT2D eigenvalue weighted by atomic mass is 9.72. The van der Waals surface area contributed by atoms with Crippen molar-refractivity contribution in [3.8, 4) is 5.75 Å². The Bertz CT molecular complexity index is 692. The Morgan fingerprint density at radius 2 is 1.61 bits per heavy atom. The summed E-state index contributed by atoms with van der Waals surface area (Å²) in [7, 11) is -2.50. The highest BCUT2D eigenvalue weighted by Crippen LogP contribution is 2.46. The highest BCUT2D eigenvalue weighted by molar-refractivity contribution is 6.73. The van der Waals surface area contributed by atoms with Gasteiger partial charge in [-0.05, 0) is 79.3 Å². The molecule has 1 aromatic carbocycles. The molecular weight excluding hydrogens is 427 g/mol. The average molecular weight is 463 g/mol. The molecule has 1 heterocycles. The molecule has 0 amide bonds. The van der Waals surface area contributed by atoms with Crippen molar-refractivity contribution in [3.05, 3.63) is 29.6 Å². The molecule has 1 saturated heterocycles. The van der Waals surface area contributed by atoms with Crippen LogP contribution in [-0.2, 0) is 0 Å². The Morgan fingerprint density at radius 3 is 2.19 bits per heavy atom. The van der Waals surface area contributed by atoms with Gasteiger partial charge in [-0.3, -0.25) is 0 Å². The van der Waals surface area contributed by atoms with E-state index in [1.54, 1.807) is 6.07 Å². The number of rotatable bonds is 8. The number of halogens is 5. The van der Waals surface area contributed by atoms with Gasteiger partial charge in [-0.15, -0.1) is 0 Å². The number of ether oxygens (including phenoxy) is 1. The standard InChI is InChI=1S/C24H35F5OSi/c1-2-3-4-13-31(29)14-11-20(12-15-31)18-5-7-19(8-6-18)21-9-10-23(22(25)16-21)30-17-24(26,27)28/h9-10,16,18-20H,2-8,11-15,17H2,1H3/t18-,19-,20?,31?. The number of alkyl halides is 3. The van der Waals surface area contributed by atoms with Crippen molar-refractivity contribution in [3.63, 3.8) is 0 Å². The van der Waals surface area contributed by atoms with Crippen LogP contribution in [0.3, 0.4) is 0 Å². The van der Waals surface area contributed by atoms with Gasteiger partial charge in [-0.2, -0.15) is 13.2 Å². The van der Waals surface area contributed by atoms with Crippen molar-refractivity contribution in [2.75, 3.05) is 6.61 Å². The monoisotopic (exact) mass is 462 g/mol. The molecule has 1 aromatic rings. The van der Waals surface area contributed by atoms with E-state index in [0.717, 1.165) is 81.5 Å². The number of unbranched alkanes of at least 4 members (excludes halogenated alkanes) is 2. The summed E-state index contributed by atoms with van der Waals surface area (Å²) < 4.78 is 70.7. The minimum atomic E-state index is -4.48. The molecule has 1 aliphatic carbocycles. The van der Waals surface area contributed by atoms with Crippen LogP contribution < -0.4 is 4.74 Å². The summed E-state index contributed by atoms with van der Waals surface area (Å²) in [6, 6.07) is 6.83. The Labute approximate surface area is 183 Å². The molecular formula is C24H35F5OSi. The van der Waals surface area contributed by atoms with E-state index in [1.807, 2.05) is 0 Å². The van der Waals surface area contributed by atoms with Crippen LogP contribution in [0.1, 0.15) is 76.2 Å². The first kappa shape index (κ1) is 24.5. The molecule has 1 saturated carbocycles. The molecule has 31 heavy (non-hydrogen) atoms. The lowest BCUT2D eigenvalue weighted by molar-refractivity contribution is -0.153. The fourth-order valence-electron chi connectivity index (χ4n) is 5.54. The van der Waals surface area contributed by atoms with Gasteiger partial charge in [0.25, 0.3) is 0 Å². The number of benzene rings is 1. The second-order valence-corrected chi connectivity index (χ2v) is 13.5. The third kappa shape index (κ3) is 7.19. The van der Waals surface area contributed by atoms with E-state index >= 15 is 4.11 Å². The van der Waals surface area contributed by atoms with Crippen molar-refractivity contribution < 1.29 is 26.4 Å². The average Bonchev–Trinajstić information content (AvgIpc) is 2.73. The molecule has 0 spiro atoms. The van der Waals surface area contributed by atoms with Crippen molar-refractivity contribution in [1.29, 1.82) is 0 Å². The van der Waals surface area contributed by atoms with Gasteiger partial charge >= 0.3 is 6.18 Å². The largest absolute Gasteiger partial charge is 0.481 e. The first-order valence-electron chi connectivity index (χ1n) is 11.9. The minimum Gasteiger partial charge on any atom is -0.481 e. The van der Waals surface area contributed by atoms with E-state index in [9.17, 15) is 17.6 Å². The first-order valence-corrected chi connectivity index (χ1v) is 14.4. The van der Waals surface area contributed by atoms with Gasteiger partial charge in [-0.1, -0.05) is 45.1 Å². The van der Waals surface area contributed by atoms with Crippen molar-refractivity contribution in [2.45, 2.75) is 94.9 Å². The molecule has 0 atom stereocenters. The van der Waals surface area contributed by atoms with Crippen LogP contribution in [0.25, 0.3) is 0 Å². The van der Waals surface area contributed by atoms with Crippen LogP contribution in [0.4, 0.5) is 21.7 Å². The quantitative estimate of drug-likeness (QED) is 0.163. The van der Waals surface area contributed by atoms with E-state index in [2.05, 4.69) is 11.7 Å². The van der Waals surface area contributed by atoms with Crippen molar-refractivity contribution >= 4 is 8.41 Å². The molecule has 3 rings (SSSR count). The molecule has 1 aliphatic heterocycles. The molecule has 0 bridgehead atoms. The van der Waals surface area contributed by atoms with Crippen LogP contribution in [0.2, 0.25) is 18.1 Å². The summed E-state index contributed by atoms with van der Waals surface area (Å²) in [6.45, 7) is 0.668. The van der Waals surface area contributed by atoms with E-state index in [4.69, 9.17) is 0 Å². The third-order valence-corrected chi connectivity index (χ3v) is 11.0. The zero-order valence-corrected chi connectivity index (χ0v) is 19.5. The Hall–Kier alpha value is -1.11. The lowest BCUT2D eigenvalue weighted by Crippen LogP contribution is -2.36. The van der Waals surface area contributed by atoms with Gasteiger partial charge in [0.15, 0.2) is 18.2 Å². The van der Waals surface area contributed by atoms with E-state index < -0.39 is 27.0 Å². The highest BCUT2D eigenvalue weighted by atomic mass is 28.4. The highest BCUT2D eigenvalue weighted by Gasteiger charge is 2.40. The number of hydrogen-bond acceptors (Lipinski definition) is 1. The van der Waals surface area contributed by atoms with Crippen LogP contribution in [0.15, 0.2) is 18.2 Å². The summed E-state index contributed by atoms with van der Waals surface area (Å²) in [5.41, 5.74) is 0.838. The third-order valence-electron chi connectivity index (χ3n) is 7.41. The van der Waals surface area contributed by atoms with Crippen molar-refractivity contribution in [2.24, 2.45) is 11.8 Å². The van der Waals surface area contributed by atoms with Crippen LogP contribution in [0.5, 0.6) is 5.75 Å². The van der Waals surface area contributed by atoms with Crippen molar-refractivity contribution in [1.82, 2.24) is 0 Å². The van der Waals surface area contributed by atoms with Gasteiger partial charge in [0.2, 0.25) is 8.41 Å². The maximum Gasteiger partial charge on any atom is 0.422 e.